The van der Waals surface area contributed by atoms with Crippen molar-refractivity contribution < 1.29 is 8.42 Å². The van der Waals surface area contributed by atoms with Gasteiger partial charge in [-0.2, -0.15) is 0 Å². The molecule has 1 aromatic rings. The third-order valence-corrected chi connectivity index (χ3v) is 5.82. The molecule has 1 unspecified atom stereocenters. The molecule has 106 valence electrons. The van der Waals surface area contributed by atoms with Gasteiger partial charge in [0.05, 0.1) is 5.75 Å². The number of hydrogen-bond donors (Lipinski definition) is 1. The van der Waals surface area contributed by atoms with Gasteiger partial charge < -0.3 is 5.32 Å². The van der Waals surface area contributed by atoms with E-state index in [0.29, 0.717) is 6.54 Å². The maximum atomic E-state index is 11.7. The number of nitrogens with one attached hydrogen (secondary N) is 1. The van der Waals surface area contributed by atoms with Crippen molar-refractivity contribution in [3.8, 4) is 0 Å². The van der Waals surface area contributed by atoms with E-state index in [2.05, 4.69) is 33.4 Å². The van der Waals surface area contributed by atoms with Gasteiger partial charge in [0.2, 0.25) is 10.0 Å². The van der Waals surface area contributed by atoms with Crippen LogP contribution in [0.3, 0.4) is 0 Å². The number of nitrogens with zero attached hydrogens (tertiary/aromatic N) is 1. The highest BCUT2D eigenvalue weighted by atomic mass is 79.9. The van der Waals surface area contributed by atoms with Gasteiger partial charge in [-0.05, 0) is 36.1 Å². The van der Waals surface area contributed by atoms with Crippen molar-refractivity contribution in [1.82, 2.24) is 9.62 Å². The topological polar surface area (TPSA) is 49.4 Å². The number of hydrogen-bond acceptors (Lipinski definition) is 3. The van der Waals surface area contributed by atoms with Crippen LogP contribution in [0.5, 0.6) is 0 Å². The Labute approximate surface area is 123 Å². The van der Waals surface area contributed by atoms with Crippen molar-refractivity contribution in [2.45, 2.75) is 18.9 Å². The molecule has 0 heterocycles. The highest BCUT2D eigenvalue weighted by molar-refractivity contribution is 9.10. The smallest absolute Gasteiger partial charge is 0.214 e. The zero-order chi connectivity index (χ0) is 14.0. The third kappa shape index (κ3) is 3.56. The second kappa shape index (κ2) is 5.91. The predicted octanol–water partition coefficient (Wildman–Crippen LogP) is 1.92. The van der Waals surface area contributed by atoms with Gasteiger partial charge >= 0.3 is 0 Å². The fourth-order valence-corrected chi connectivity index (χ4v) is 3.49. The minimum Gasteiger partial charge on any atom is -0.309 e. The van der Waals surface area contributed by atoms with Gasteiger partial charge in [0.25, 0.3) is 0 Å². The molecular formula is C13H19BrN2O2S. The molecule has 19 heavy (non-hydrogen) atoms. The molecule has 0 saturated carbocycles. The van der Waals surface area contributed by atoms with E-state index >= 15 is 0 Å². The van der Waals surface area contributed by atoms with Crippen molar-refractivity contribution in [2.75, 3.05) is 26.4 Å². The van der Waals surface area contributed by atoms with E-state index in [4.69, 9.17) is 0 Å². The minimum atomic E-state index is -3.11. The highest BCUT2D eigenvalue weighted by Crippen LogP contribution is 2.32. The van der Waals surface area contributed by atoms with Crippen LogP contribution < -0.4 is 5.32 Å². The molecule has 0 saturated heterocycles. The first-order valence-corrected chi connectivity index (χ1v) is 8.72. The number of rotatable bonds is 5. The highest BCUT2D eigenvalue weighted by Gasteiger charge is 2.22. The molecule has 4 nitrogen and oxygen atoms in total. The van der Waals surface area contributed by atoms with E-state index in [1.807, 2.05) is 6.07 Å². The van der Waals surface area contributed by atoms with Gasteiger partial charge in [0.1, 0.15) is 0 Å². The number of sulfonamides is 1. The Balaban J connectivity index is 1.94. The fraction of sp³-hybridized carbons (Fsp3) is 0.538. The van der Waals surface area contributed by atoms with Crippen molar-refractivity contribution in [1.29, 1.82) is 0 Å². The summed E-state index contributed by atoms with van der Waals surface area (Å²) < 4.78 is 25.7. The summed E-state index contributed by atoms with van der Waals surface area (Å²) >= 11 is 3.47. The van der Waals surface area contributed by atoms with Crippen LogP contribution in [0.25, 0.3) is 0 Å². The van der Waals surface area contributed by atoms with Crippen LogP contribution in [0.1, 0.15) is 23.6 Å². The Hall–Kier alpha value is -0.430. The molecule has 0 spiro atoms. The van der Waals surface area contributed by atoms with Crippen LogP contribution in [-0.4, -0.2) is 39.1 Å². The van der Waals surface area contributed by atoms with Gasteiger partial charge in [-0.15, -0.1) is 0 Å². The van der Waals surface area contributed by atoms with E-state index in [-0.39, 0.29) is 11.8 Å². The lowest BCUT2D eigenvalue weighted by molar-refractivity contribution is 0.506. The van der Waals surface area contributed by atoms with Gasteiger partial charge in [0.15, 0.2) is 0 Å². The van der Waals surface area contributed by atoms with Crippen molar-refractivity contribution in [3.05, 3.63) is 33.8 Å². The Morgan fingerprint density at radius 1 is 1.42 bits per heavy atom. The summed E-state index contributed by atoms with van der Waals surface area (Å²) in [5.74, 6) is 0.141. The zero-order valence-corrected chi connectivity index (χ0v) is 13.6. The van der Waals surface area contributed by atoms with Gasteiger partial charge in [-0.3, -0.25) is 0 Å². The average molecular weight is 347 g/mol. The van der Waals surface area contributed by atoms with E-state index in [1.54, 1.807) is 14.1 Å². The van der Waals surface area contributed by atoms with Crippen LogP contribution >= 0.6 is 15.9 Å². The molecule has 1 aliphatic carbocycles. The van der Waals surface area contributed by atoms with E-state index in [1.165, 1.54) is 15.4 Å². The summed E-state index contributed by atoms with van der Waals surface area (Å²) in [6.07, 6.45) is 2.08. The summed E-state index contributed by atoms with van der Waals surface area (Å²) in [5.41, 5.74) is 2.65. The van der Waals surface area contributed by atoms with Crippen LogP contribution in [0.2, 0.25) is 0 Å². The molecule has 1 aliphatic rings. The Bertz CT molecular complexity index is 558. The monoisotopic (exact) mass is 346 g/mol. The molecule has 0 amide bonds. The van der Waals surface area contributed by atoms with Crippen molar-refractivity contribution in [3.63, 3.8) is 0 Å². The molecule has 1 N–H and O–H groups in total. The average Bonchev–Trinajstić information content (AvgIpc) is 2.71. The van der Waals surface area contributed by atoms with Crippen LogP contribution in [0, 0.1) is 0 Å². The molecule has 1 aromatic carbocycles. The maximum absolute atomic E-state index is 11.7. The molecule has 0 aliphatic heterocycles. The lowest BCUT2D eigenvalue weighted by Crippen LogP contribution is -2.32. The minimum absolute atomic E-state index is 0.141. The van der Waals surface area contributed by atoms with Gasteiger partial charge in [0, 0.05) is 31.2 Å². The summed E-state index contributed by atoms with van der Waals surface area (Å²) in [5, 5.41) is 3.35. The Morgan fingerprint density at radius 3 is 2.84 bits per heavy atom. The molecule has 1 atom stereocenters. The summed E-state index contributed by atoms with van der Waals surface area (Å²) in [4.78, 5) is 0. The number of aryl methyl sites for hydroxylation is 1. The summed E-state index contributed by atoms with van der Waals surface area (Å²) in [7, 11) is 0.0237. The summed E-state index contributed by atoms with van der Waals surface area (Å²) in [6, 6.07) is 6.58. The predicted molar refractivity (Wildman–Crippen MR) is 80.7 cm³/mol. The molecule has 0 fully saturated rings. The number of benzene rings is 1. The van der Waals surface area contributed by atoms with Gasteiger partial charge in [-0.25, -0.2) is 12.7 Å². The first-order valence-electron chi connectivity index (χ1n) is 6.32. The maximum Gasteiger partial charge on any atom is 0.214 e. The molecule has 0 bridgehead atoms. The quantitative estimate of drug-likeness (QED) is 0.885. The fourth-order valence-electron chi connectivity index (χ4n) is 2.34. The first kappa shape index (κ1) is 15.0. The second-order valence-electron chi connectivity index (χ2n) is 4.99. The van der Waals surface area contributed by atoms with Gasteiger partial charge in [-0.1, -0.05) is 22.0 Å². The molecule has 2 rings (SSSR count). The second-order valence-corrected chi connectivity index (χ2v) is 8.20. The largest absolute Gasteiger partial charge is 0.309 e. The SMILES string of the molecule is CN(C)S(=O)(=O)CCNC1CCc2cc(Br)ccc21. The zero-order valence-electron chi connectivity index (χ0n) is 11.2. The Kier molecular flexibility index (Phi) is 4.66. The number of halogens is 1. The van der Waals surface area contributed by atoms with Crippen LogP contribution in [0.4, 0.5) is 0 Å². The lowest BCUT2D eigenvalue weighted by Gasteiger charge is -2.16. The first-order chi connectivity index (χ1) is 8.90. The summed E-state index contributed by atoms with van der Waals surface area (Å²) in [6.45, 7) is 0.487. The lowest BCUT2D eigenvalue weighted by atomic mass is 10.1. The van der Waals surface area contributed by atoms with E-state index in [0.717, 1.165) is 17.3 Å². The van der Waals surface area contributed by atoms with Crippen LogP contribution in [0.15, 0.2) is 22.7 Å². The number of fused-ring (bicyclic) bond motifs is 1. The van der Waals surface area contributed by atoms with Crippen LogP contribution in [-0.2, 0) is 16.4 Å². The standard InChI is InChI=1S/C13H19BrN2O2S/c1-16(2)19(17,18)8-7-15-13-6-3-10-9-11(14)4-5-12(10)13/h4-5,9,13,15H,3,6-8H2,1-2H3. The molecule has 0 radical (unpaired) electrons. The van der Waals surface area contributed by atoms with Crippen molar-refractivity contribution >= 4 is 26.0 Å². The Morgan fingerprint density at radius 2 is 2.16 bits per heavy atom. The van der Waals surface area contributed by atoms with E-state index in [9.17, 15) is 8.42 Å². The normalized spacial score (nSPS) is 18.8. The van der Waals surface area contributed by atoms with E-state index < -0.39 is 10.0 Å². The molecular weight excluding hydrogens is 328 g/mol. The third-order valence-electron chi connectivity index (χ3n) is 3.49. The van der Waals surface area contributed by atoms with Crippen molar-refractivity contribution in [2.24, 2.45) is 0 Å². The molecule has 6 heteroatoms. The molecule has 0 aromatic heterocycles.